The van der Waals surface area contributed by atoms with Crippen LogP contribution in [0.15, 0.2) is 0 Å². The molecule has 110 valence electrons. The van der Waals surface area contributed by atoms with Crippen LogP contribution in [0.3, 0.4) is 0 Å². The summed E-state index contributed by atoms with van der Waals surface area (Å²) in [4.78, 5) is 2.69. The maximum atomic E-state index is 3.86. The first-order valence-corrected chi connectivity index (χ1v) is 8.67. The Morgan fingerprint density at radius 2 is 1.79 bits per heavy atom. The van der Waals surface area contributed by atoms with Crippen molar-refractivity contribution in [3.8, 4) is 0 Å². The Labute approximate surface area is 119 Å². The first-order valence-electron chi connectivity index (χ1n) is 8.67. The second-order valence-electron chi connectivity index (χ2n) is 7.82. The molecule has 0 aromatic carbocycles. The predicted octanol–water partition coefficient (Wildman–Crippen LogP) is 3.42. The van der Waals surface area contributed by atoms with Gasteiger partial charge in [0.25, 0.3) is 0 Å². The van der Waals surface area contributed by atoms with E-state index in [0.717, 1.165) is 23.4 Å². The summed E-state index contributed by atoms with van der Waals surface area (Å²) < 4.78 is 0. The Bertz CT molecular complexity index is 282. The summed E-state index contributed by atoms with van der Waals surface area (Å²) in [7, 11) is 0. The minimum absolute atomic E-state index is 0.748. The van der Waals surface area contributed by atoms with E-state index in [1.807, 2.05) is 0 Å². The van der Waals surface area contributed by atoms with Crippen molar-refractivity contribution in [2.45, 2.75) is 77.3 Å². The fourth-order valence-electron chi connectivity index (χ4n) is 4.56. The lowest BCUT2D eigenvalue weighted by Crippen LogP contribution is -2.67. The third-order valence-corrected chi connectivity index (χ3v) is 5.65. The van der Waals surface area contributed by atoms with Crippen LogP contribution in [-0.4, -0.2) is 36.6 Å². The Kier molecular flexibility index (Phi) is 4.19. The molecule has 2 saturated carbocycles. The van der Waals surface area contributed by atoms with E-state index >= 15 is 0 Å². The molecular weight excluding hydrogens is 232 g/mol. The number of hydrogen-bond acceptors (Lipinski definition) is 2. The molecule has 2 heteroatoms. The molecule has 0 radical (unpaired) electrons. The summed E-state index contributed by atoms with van der Waals surface area (Å²) in [6.07, 6.45) is 11.4. The first-order chi connectivity index (χ1) is 9.19. The Hall–Kier alpha value is -0.0800. The molecule has 3 rings (SSSR count). The van der Waals surface area contributed by atoms with Crippen LogP contribution in [0.25, 0.3) is 0 Å². The third kappa shape index (κ3) is 3.16. The monoisotopic (exact) mass is 264 g/mol. The quantitative estimate of drug-likeness (QED) is 0.709. The van der Waals surface area contributed by atoms with E-state index in [2.05, 4.69) is 24.1 Å². The molecule has 0 aromatic rings. The molecule has 3 aliphatic rings. The molecule has 1 heterocycles. The highest BCUT2D eigenvalue weighted by atomic mass is 15.2. The number of nitrogens with zero attached hydrogens (tertiary/aromatic N) is 1. The van der Waals surface area contributed by atoms with Crippen LogP contribution < -0.4 is 5.32 Å². The first kappa shape index (κ1) is 13.9. The zero-order chi connectivity index (χ0) is 13.3. The SMILES string of the molecule is CCCCCCN1CC2(CC(NC3CC(C)C3)C2)C1. The molecule has 1 saturated heterocycles. The van der Waals surface area contributed by atoms with Gasteiger partial charge in [-0.25, -0.2) is 0 Å². The van der Waals surface area contributed by atoms with Crippen molar-refractivity contribution >= 4 is 0 Å². The normalized spacial score (nSPS) is 33.8. The summed E-state index contributed by atoms with van der Waals surface area (Å²) in [5.74, 6) is 0.980. The molecule has 0 atom stereocenters. The van der Waals surface area contributed by atoms with Crippen molar-refractivity contribution in [2.75, 3.05) is 19.6 Å². The van der Waals surface area contributed by atoms with Crippen LogP contribution in [0.2, 0.25) is 0 Å². The van der Waals surface area contributed by atoms with E-state index in [1.54, 1.807) is 0 Å². The number of rotatable bonds is 7. The van der Waals surface area contributed by atoms with Gasteiger partial charge in [0.2, 0.25) is 0 Å². The van der Waals surface area contributed by atoms with Crippen LogP contribution in [0, 0.1) is 11.3 Å². The van der Waals surface area contributed by atoms with Crippen LogP contribution in [0.5, 0.6) is 0 Å². The molecule has 2 aliphatic carbocycles. The van der Waals surface area contributed by atoms with Gasteiger partial charge in [0.1, 0.15) is 0 Å². The van der Waals surface area contributed by atoms with Gasteiger partial charge in [0.05, 0.1) is 0 Å². The van der Waals surface area contributed by atoms with E-state index in [0.29, 0.717) is 0 Å². The van der Waals surface area contributed by atoms with Gasteiger partial charge in [-0.05, 0) is 50.0 Å². The second-order valence-corrected chi connectivity index (χ2v) is 7.82. The molecule has 19 heavy (non-hydrogen) atoms. The van der Waals surface area contributed by atoms with Gasteiger partial charge in [-0.15, -0.1) is 0 Å². The smallest absolute Gasteiger partial charge is 0.00821 e. The van der Waals surface area contributed by atoms with Gasteiger partial charge in [-0.3, -0.25) is 0 Å². The third-order valence-electron chi connectivity index (χ3n) is 5.65. The number of hydrogen-bond donors (Lipinski definition) is 1. The fourth-order valence-corrected chi connectivity index (χ4v) is 4.56. The Morgan fingerprint density at radius 3 is 2.42 bits per heavy atom. The van der Waals surface area contributed by atoms with E-state index in [1.165, 1.54) is 71.0 Å². The van der Waals surface area contributed by atoms with Gasteiger partial charge in [-0.1, -0.05) is 33.1 Å². The number of nitrogens with one attached hydrogen (secondary N) is 1. The van der Waals surface area contributed by atoms with Crippen LogP contribution in [0.1, 0.15) is 65.2 Å². The highest BCUT2D eigenvalue weighted by molar-refractivity contribution is 5.07. The summed E-state index contributed by atoms with van der Waals surface area (Å²) in [6, 6.07) is 1.72. The summed E-state index contributed by atoms with van der Waals surface area (Å²) in [5, 5.41) is 3.86. The van der Waals surface area contributed by atoms with Crippen LogP contribution in [0.4, 0.5) is 0 Å². The van der Waals surface area contributed by atoms with Crippen molar-refractivity contribution in [3.63, 3.8) is 0 Å². The summed E-state index contributed by atoms with van der Waals surface area (Å²) in [6.45, 7) is 8.84. The van der Waals surface area contributed by atoms with E-state index < -0.39 is 0 Å². The van der Waals surface area contributed by atoms with E-state index in [9.17, 15) is 0 Å². The van der Waals surface area contributed by atoms with Gasteiger partial charge >= 0.3 is 0 Å². The average molecular weight is 264 g/mol. The Morgan fingerprint density at radius 1 is 1.05 bits per heavy atom. The molecule has 1 spiro atoms. The van der Waals surface area contributed by atoms with Gasteiger partial charge in [-0.2, -0.15) is 0 Å². The fraction of sp³-hybridized carbons (Fsp3) is 1.00. The van der Waals surface area contributed by atoms with Crippen molar-refractivity contribution in [3.05, 3.63) is 0 Å². The largest absolute Gasteiger partial charge is 0.311 e. The molecule has 0 amide bonds. The van der Waals surface area contributed by atoms with Crippen molar-refractivity contribution in [1.29, 1.82) is 0 Å². The molecule has 2 nitrogen and oxygen atoms in total. The number of unbranched alkanes of at least 4 members (excludes halogenated alkanes) is 3. The molecule has 1 aliphatic heterocycles. The lowest BCUT2D eigenvalue weighted by molar-refractivity contribution is -0.0834. The summed E-state index contributed by atoms with van der Waals surface area (Å²) >= 11 is 0. The van der Waals surface area contributed by atoms with Crippen molar-refractivity contribution in [1.82, 2.24) is 10.2 Å². The lowest BCUT2D eigenvalue weighted by Gasteiger charge is -2.60. The minimum Gasteiger partial charge on any atom is -0.311 e. The topological polar surface area (TPSA) is 15.3 Å². The predicted molar refractivity (Wildman–Crippen MR) is 81.4 cm³/mol. The molecule has 1 N–H and O–H groups in total. The van der Waals surface area contributed by atoms with Crippen molar-refractivity contribution < 1.29 is 0 Å². The highest BCUT2D eigenvalue weighted by Crippen LogP contribution is 2.49. The summed E-state index contributed by atoms with van der Waals surface area (Å²) in [5.41, 5.74) is 0.748. The maximum Gasteiger partial charge on any atom is 0.00821 e. The van der Waals surface area contributed by atoms with Gasteiger partial charge < -0.3 is 10.2 Å². The zero-order valence-corrected chi connectivity index (χ0v) is 13.0. The molecule has 3 fully saturated rings. The van der Waals surface area contributed by atoms with Crippen LogP contribution in [-0.2, 0) is 0 Å². The molecular formula is C17H32N2. The van der Waals surface area contributed by atoms with Gasteiger partial charge in [0.15, 0.2) is 0 Å². The number of likely N-dealkylation sites (tertiary alicyclic amines) is 1. The van der Waals surface area contributed by atoms with E-state index in [4.69, 9.17) is 0 Å². The standard InChI is InChI=1S/C17H32N2/c1-3-4-5-6-7-19-12-17(13-19)10-16(11-17)18-15-8-14(2)9-15/h14-16,18H,3-13H2,1-2H3. The highest BCUT2D eigenvalue weighted by Gasteiger charge is 2.52. The van der Waals surface area contributed by atoms with Gasteiger partial charge in [0, 0.05) is 25.2 Å². The lowest BCUT2D eigenvalue weighted by atomic mass is 9.60. The van der Waals surface area contributed by atoms with Crippen molar-refractivity contribution in [2.24, 2.45) is 11.3 Å². The minimum atomic E-state index is 0.748. The zero-order valence-electron chi connectivity index (χ0n) is 13.0. The molecule has 0 bridgehead atoms. The maximum absolute atomic E-state index is 3.86. The van der Waals surface area contributed by atoms with E-state index in [-0.39, 0.29) is 0 Å². The average Bonchev–Trinajstić information content (AvgIpc) is 2.25. The van der Waals surface area contributed by atoms with Crippen LogP contribution >= 0.6 is 0 Å². The molecule has 0 unspecified atom stereocenters. The molecule has 0 aromatic heterocycles. The Balaban J connectivity index is 1.24. The second kappa shape index (κ2) is 5.73.